The van der Waals surface area contributed by atoms with Gasteiger partial charge >= 0.3 is 0 Å². The van der Waals surface area contributed by atoms with E-state index in [0.29, 0.717) is 17.1 Å². The molecule has 1 aromatic carbocycles. The number of hydrogen-bond donors (Lipinski definition) is 3. The molecule has 108 valence electrons. The second kappa shape index (κ2) is 4.88. The molecule has 4 aromatic rings. The summed E-state index contributed by atoms with van der Waals surface area (Å²) in [5, 5.41) is 17.4. The lowest BCUT2D eigenvalue weighted by Crippen LogP contribution is -2.12. The number of aromatic amines is 2. The van der Waals surface area contributed by atoms with E-state index in [4.69, 9.17) is 4.42 Å². The smallest absolute Gasteiger partial charge is 0.276 e. The van der Waals surface area contributed by atoms with E-state index in [1.165, 1.54) is 0 Å². The van der Waals surface area contributed by atoms with Gasteiger partial charge in [0.25, 0.3) is 5.91 Å². The number of benzene rings is 1. The second-order valence-corrected chi connectivity index (χ2v) is 4.77. The van der Waals surface area contributed by atoms with E-state index in [9.17, 15) is 4.79 Å². The third kappa shape index (κ3) is 2.14. The average molecular weight is 293 g/mol. The van der Waals surface area contributed by atoms with E-state index in [1.54, 1.807) is 30.7 Å². The van der Waals surface area contributed by atoms with Crippen LogP contribution in [-0.2, 0) is 0 Å². The van der Waals surface area contributed by atoms with Crippen LogP contribution in [0.3, 0.4) is 0 Å². The van der Waals surface area contributed by atoms with Crippen molar-refractivity contribution in [3.8, 4) is 11.5 Å². The van der Waals surface area contributed by atoms with Gasteiger partial charge < -0.3 is 9.73 Å². The van der Waals surface area contributed by atoms with E-state index >= 15 is 0 Å². The zero-order chi connectivity index (χ0) is 14.9. The van der Waals surface area contributed by atoms with Gasteiger partial charge in [0, 0.05) is 17.1 Å². The molecule has 1 amide bonds. The van der Waals surface area contributed by atoms with Crippen molar-refractivity contribution in [2.24, 2.45) is 0 Å². The maximum absolute atomic E-state index is 12.2. The Hall–Kier alpha value is -3.35. The van der Waals surface area contributed by atoms with E-state index in [0.717, 1.165) is 10.9 Å². The van der Waals surface area contributed by atoms with Crippen molar-refractivity contribution in [3.63, 3.8) is 0 Å². The fourth-order valence-electron chi connectivity index (χ4n) is 2.21. The van der Waals surface area contributed by atoms with Crippen LogP contribution in [0, 0.1) is 0 Å². The van der Waals surface area contributed by atoms with Gasteiger partial charge in [-0.2, -0.15) is 10.2 Å². The molecule has 3 heterocycles. The van der Waals surface area contributed by atoms with Gasteiger partial charge in [0.05, 0.1) is 18.0 Å². The van der Waals surface area contributed by atoms with E-state index in [2.05, 4.69) is 25.7 Å². The van der Waals surface area contributed by atoms with Gasteiger partial charge in [0.2, 0.25) is 0 Å². The molecule has 0 aliphatic carbocycles. The lowest BCUT2D eigenvalue weighted by atomic mass is 10.2. The normalized spacial score (nSPS) is 10.9. The number of nitrogens with one attached hydrogen (secondary N) is 3. The third-order valence-corrected chi connectivity index (χ3v) is 3.30. The number of hydrogen-bond acceptors (Lipinski definition) is 4. The molecule has 22 heavy (non-hydrogen) atoms. The first-order valence-corrected chi connectivity index (χ1v) is 6.63. The molecular weight excluding hydrogens is 282 g/mol. The van der Waals surface area contributed by atoms with Crippen molar-refractivity contribution in [1.82, 2.24) is 20.4 Å². The largest absolute Gasteiger partial charge is 0.463 e. The lowest BCUT2D eigenvalue weighted by Gasteiger charge is -2.02. The van der Waals surface area contributed by atoms with Crippen LogP contribution in [0.1, 0.15) is 10.5 Å². The third-order valence-electron chi connectivity index (χ3n) is 3.30. The first-order valence-electron chi connectivity index (χ1n) is 6.63. The Morgan fingerprint density at radius 3 is 3.00 bits per heavy atom. The fourth-order valence-corrected chi connectivity index (χ4v) is 2.21. The van der Waals surface area contributed by atoms with Crippen molar-refractivity contribution in [1.29, 1.82) is 0 Å². The highest BCUT2D eigenvalue weighted by atomic mass is 16.3. The molecule has 3 N–H and O–H groups in total. The molecule has 0 aliphatic heterocycles. The number of furan rings is 1. The second-order valence-electron chi connectivity index (χ2n) is 4.77. The Labute approximate surface area is 124 Å². The summed E-state index contributed by atoms with van der Waals surface area (Å²) >= 11 is 0. The summed E-state index contributed by atoms with van der Waals surface area (Å²) in [5.41, 5.74) is 2.47. The molecule has 7 nitrogen and oxygen atoms in total. The van der Waals surface area contributed by atoms with Crippen LogP contribution in [0.15, 0.2) is 53.3 Å². The molecule has 4 rings (SSSR count). The number of rotatable bonds is 3. The average Bonchev–Trinajstić information content (AvgIpc) is 3.26. The predicted molar refractivity (Wildman–Crippen MR) is 80.3 cm³/mol. The number of carbonyl (C=O) groups excluding carboxylic acids is 1. The Bertz CT molecular complexity index is 936. The molecule has 0 fully saturated rings. The number of aromatic nitrogens is 4. The highest BCUT2D eigenvalue weighted by Crippen LogP contribution is 2.20. The first-order chi connectivity index (χ1) is 10.8. The number of anilines is 1. The van der Waals surface area contributed by atoms with Crippen LogP contribution < -0.4 is 5.32 Å². The number of fused-ring (bicyclic) bond motifs is 1. The van der Waals surface area contributed by atoms with Crippen LogP contribution in [0.25, 0.3) is 22.4 Å². The van der Waals surface area contributed by atoms with Gasteiger partial charge in [0.15, 0.2) is 11.5 Å². The molecule has 0 spiro atoms. The Balaban J connectivity index is 1.56. The summed E-state index contributed by atoms with van der Waals surface area (Å²) < 4.78 is 5.26. The van der Waals surface area contributed by atoms with E-state index < -0.39 is 0 Å². The number of H-pyrrole nitrogens is 2. The van der Waals surface area contributed by atoms with Gasteiger partial charge in [-0.3, -0.25) is 15.0 Å². The van der Waals surface area contributed by atoms with Crippen LogP contribution >= 0.6 is 0 Å². The van der Waals surface area contributed by atoms with Crippen molar-refractivity contribution in [2.45, 2.75) is 0 Å². The SMILES string of the molecule is O=C(Nc1ccc2cn[nH]c2c1)c1cc(-c2ccco2)[nH]n1. The molecule has 7 heteroatoms. The van der Waals surface area contributed by atoms with Crippen LogP contribution in [0.2, 0.25) is 0 Å². The summed E-state index contributed by atoms with van der Waals surface area (Å²) in [6.07, 6.45) is 3.29. The fraction of sp³-hybridized carbons (Fsp3) is 0. The highest BCUT2D eigenvalue weighted by Gasteiger charge is 2.13. The molecule has 0 saturated heterocycles. The van der Waals surface area contributed by atoms with E-state index in [1.807, 2.05) is 18.2 Å². The van der Waals surface area contributed by atoms with Crippen LogP contribution in [-0.4, -0.2) is 26.3 Å². The molecule has 0 aliphatic rings. The number of nitrogens with zero attached hydrogens (tertiary/aromatic N) is 2. The minimum absolute atomic E-state index is 0.288. The maximum atomic E-state index is 12.2. The van der Waals surface area contributed by atoms with Crippen molar-refractivity contribution in [3.05, 3.63) is 54.6 Å². The van der Waals surface area contributed by atoms with Crippen LogP contribution in [0.4, 0.5) is 5.69 Å². The molecule has 0 unspecified atom stereocenters. The Kier molecular flexibility index (Phi) is 2.75. The monoisotopic (exact) mass is 293 g/mol. The van der Waals surface area contributed by atoms with Gasteiger partial charge in [0.1, 0.15) is 5.69 Å². The molecule has 0 bridgehead atoms. The summed E-state index contributed by atoms with van der Waals surface area (Å²) in [6.45, 7) is 0. The van der Waals surface area contributed by atoms with Gasteiger partial charge in [-0.25, -0.2) is 0 Å². The topological polar surface area (TPSA) is 99.6 Å². The van der Waals surface area contributed by atoms with Crippen molar-refractivity contribution in [2.75, 3.05) is 5.32 Å². The van der Waals surface area contributed by atoms with Gasteiger partial charge in [-0.05, 0) is 30.3 Å². The highest BCUT2D eigenvalue weighted by molar-refractivity contribution is 6.04. The van der Waals surface area contributed by atoms with Gasteiger partial charge in [-0.15, -0.1) is 0 Å². The Morgan fingerprint density at radius 2 is 2.14 bits per heavy atom. The molecular formula is C15H11N5O2. The molecule has 0 saturated carbocycles. The number of carbonyl (C=O) groups is 1. The van der Waals surface area contributed by atoms with E-state index in [-0.39, 0.29) is 11.6 Å². The van der Waals surface area contributed by atoms with Crippen molar-refractivity contribution < 1.29 is 9.21 Å². The molecule has 0 radical (unpaired) electrons. The number of amides is 1. The zero-order valence-corrected chi connectivity index (χ0v) is 11.3. The summed E-state index contributed by atoms with van der Waals surface area (Å²) in [6, 6.07) is 10.7. The molecule has 3 aromatic heterocycles. The Morgan fingerprint density at radius 1 is 1.18 bits per heavy atom. The summed E-state index contributed by atoms with van der Waals surface area (Å²) in [5.74, 6) is 0.332. The minimum Gasteiger partial charge on any atom is -0.463 e. The lowest BCUT2D eigenvalue weighted by molar-refractivity contribution is 0.102. The van der Waals surface area contributed by atoms with Crippen molar-refractivity contribution >= 4 is 22.5 Å². The summed E-state index contributed by atoms with van der Waals surface area (Å²) in [4.78, 5) is 12.2. The maximum Gasteiger partial charge on any atom is 0.276 e. The quantitative estimate of drug-likeness (QED) is 0.540. The zero-order valence-electron chi connectivity index (χ0n) is 11.3. The minimum atomic E-state index is -0.298. The predicted octanol–water partition coefficient (Wildman–Crippen LogP) is 2.80. The van der Waals surface area contributed by atoms with Crippen LogP contribution in [0.5, 0.6) is 0 Å². The summed E-state index contributed by atoms with van der Waals surface area (Å²) in [7, 11) is 0. The first kappa shape index (κ1) is 12.4. The van der Waals surface area contributed by atoms with Gasteiger partial charge in [-0.1, -0.05) is 0 Å². The standard InChI is InChI=1S/C15H11N5O2/c21-15(13-7-12(19-20-13)14-2-1-5-22-14)17-10-4-3-9-8-16-18-11(9)6-10/h1-8H,(H,16,18)(H,17,21)(H,19,20). The molecule has 0 atom stereocenters.